The van der Waals surface area contributed by atoms with Crippen molar-refractivity contribution in [3.8, 4) is 11.4 Å². The van der Waals surface area contributed by atoms with Gasteiger partial charge in [0.15, 0.2) is 0 Å². The molecule has 0 saturated carbocycles. The number of aromatic amines is 1. The van der Waals surface area contributed by atoms with Crippen molar-refractivity contribution in [3.05, 3.63) is 40.4 Å². The molecule has 0 aliphatic heterocycles. The van der Waals surface area contributed by atoms with Crippen LogP contribution in [0, 0.1) is 0 Å². The van der Waals surface area contributed by atoms with Gasteiger partial charge in [0.1, 0.15) is 5.75 Å². The number of hydrogen-bond donors (Lipinski definition) is 2. The molecule has 0 radical (unpaired) electrons. The highest BCUT2D eigenvalue weighted by Gasteiger charge is 2.30. The van der Waals surface area contributed by atoms with Gasteiger partial charge in [-0.25, -0.2) is 9.59 Å². The second-order valence-corrected chi connectivity index (χ2v) is 3.17. The summed E-state index contributed by atoms with van der Waals surface area (Å²) < 4.78 is 10.5. The Morgan fingerprint density at radius 2 is 2.06 bits per heavy atom. The van der Waals surface area contributed by atoms with Gasteiger partial charge in [0, 0.05) is 12.1 Å². The fourth-order valence-corrected chi connectivity index (χ4v) is 1.37. The average molecular weight is 237 g/mol. The summed E-state index contributed by atoms with van der Waals surface area (Å²) in [7, 11) is 1.52. The molecule has 0 atom stereocenters. The molecule has 0 spiro atoms. The maximum absolute atomic E-state index is 11.2. The lowest BCUT2D eigenvalue weighted by molar-refractivity contribution is -0.672. The molecule has 1 aromatic heterocycles. The van der Waals surface area contributed by atoms with E-state index in [1.807, 2.05) is 0 Å². The predicted molar refractivity (Wildman–Crippen MR) is 54.4 cm³/mol. The molecule has 1 heterocycles. The number of carbonyl (C=O) groups is 1. The number of benzene rings is 1. The monoisotopic (exact) mass is 237 g/mol. The van der Waals surface area contributed by atoms with Crippen LogP contribution in [0.3, 0.4) is 0 Å². The number of aromatic nitrogens is 2. The molecule has 2 aromatic rings. The molecule has 17 heavy (non-hydrogen) atoms. The van der Waals surface area contributed by atoms with E-state index in [1.165, 1.54) is 7.11 Å². The maximum atomic E-state index is 11.2. The molecule has 0 saturated heterocycles. The van der Waals surface area contributed by atoms with Gasteiger partial charge in [-0.1, -0.05) is 0 Å². The predicted octanol–water partition coefficient (Wildman–Crippen LogP) is -0.0486. The lowest BCUT2D eigenvalue weighted by Gasteiger charge is -1.97. The Morgan fingerprint density at radius 3 is 2.59 bits per heavy atom. The molecule has 0 aliphatic carbocycles. The smallest absolute Gasteiger partial charge is 0.442 e. The number of hydrogen-bond acceptors (Lipinski definition) is 4. The van der Waals surface area contributed by atoms with Gasteiger partial charge in [-0.05, 0) is 22.1 Å². The van der Waals surface area contributed by atoms with Gasteiger partial charge in [-0.3, -0.25) is 4.52 Å². The molecule has 0 fully saturated rings. The molecule has 7 nitrogen and oxygen atoms in total. The number of aromatic carboxylic acids is 1. The summed E-state index contributed by atoms with van der Waals surface area (Å²) in [4.78, 5) is 22.0. The van der Waals surface area contributed by atoms with E-state index >= 15 is 0 Å². The third-order valence-corrected chi connectivity index (χ3v) is 2.18. The number of carboxylic acid groups (broad SMARTS) is 1. The summed E-state index contributed by atoms with van der Waals surface area (Å²) in [6, 6.07) is 6.46. The van der Waals surface area contributed by atoms with E-state index in [1.54, 1.807) is 24.3 Å². The van der Waals surface area contributed by atoms with Crippen molar-refractivity contribution in [2.24, 2.45) is 0 Å². The van der Waals surface area contributed by atoms with Crippen molar-refractivity contribution in [2.45, 2.75) is 0 Å². The van der Waals surface area contributed by atoms with Gasteiger partial charge in [-0.15, -0.1) is 0 Å². The first-order chi connectivity index (χ1) is 8.13. The number of nitrogens with one attached hydrogen (secondary N) is 1. The molecule has 0 bridgehead atoms. The quantitative estimate of drug-likeness (QED) is 0.729. The van der Waals surface area contributed by atoms with Crippen LogP contribution in [-0.4, -0.2) is 23.5 Å². The third-order valence-electron chi connectivity index (χ3n) is 2.18. The summed E-state index contributed by atoms with van der Waals surface area (Å²) in [5.74, 6) is -0.743. The second-order valence-electron chi connectivity index (χ2n) is 3.17. The Bertz CT molecular complexity index is 596. The minimum Gasteiger partial charge on any atom is -0.497 e. The van der Waals surface area contributed by atoms with E-state index < -0.39 is 17.3 Å². The number of nitrogens with zero attached hydrogens (tertiary/aromatic N) is 1. The molecule has 88 valence electrons. The maximum Gasteiger partial charge on any atom is 0.442 e. The van der Waals surface area contributed by atoms with E-state index in [0.717, 1.165) is 4.68 Å². The van der Waals surface area contributed by atoms with E-state index in [0.29, 0.717) is 11.4 Å². The van der Waals surface area contributed by atoms with Crippen molar-refractivity contribution in [1.82, 2.24) is 5.27 Å². The third kappa shape index (κ3) is 1.89. The number of ether oxygens (including phenoxy) is 1. The number of rotatable bonds is 3. The standard InChI is InChI=1S/C10H8N2O5/c1-16-7-4-2-6(3-5-7)12-8(9(13)14)10(15)17-11-12/h2-5H,1H3,(H-,11,13,14,15)/p+1. The van der Waals surface area contributed by atoms with Crippen LogP contribution in [0.1, 0.15) is 10.5 Å². The summed E-state index contributed by atoms with van der Waals surface area (Å²) in [6.45, 7) is 0. The van der Waals surface area contributed by atoms with Gasteiger partial charge >= 0.3 is 17.3 Å². The van der Waals surface area contributed by atoms with E-state index in [2.05, 4.69) is 9.79 Å². The molecule has 7 heteroatoms. The first kappa shape index (κ1) is 10.9. The Hall–Kier alpha value is -2.57. The molecular weight excluding hydrogens is 228 g/mol. The van der Waals surface area contributed by atoms with Crippen LogP contribution in [0.2, 0.25) is 0 Å². The van der Waals surface area contributed by atoms with Crippen LogP contribution in [0.5, 0.6) is 5.75 Å². The van der Waals surface area contributed by atoms with Gasteiger partial charge in [-0.2, -0.15) is 0 Å². The molecular formula is C10H9N2O5+. The Kier molecular flexibility index (Phi) is 2.65. The van der Waals surface area contributed by atoms with E-state index in [4.69, 9.17) is 9.84 Å². The van der Waals surface area contributed by atoms with Crippen LogP contribution in [-0.2, 0) is 0 Å². The minimum atomic E-state index is -1.36. The first-order valence-corrected chi connectivity index (χ1v) is 4.64. The Morgan fingerprint density at radius 1 is 1.41 bits per heavy atom. The highest BCUT2D eigenvalue weighted by atomic mass is 16.5. The van der Waals surface area contributed by atoms with Gasteiger partial charge in [0.25, 0.3) is 0 Å². The van der Waals surface area contributed by atoms with Crippen molar-refractivity contribution < 1.29 is 23.8 Å². The summed E-state index contributed by atoms with van der Waals surface area (Å²) >= 11 is 0. The highest BCUT2D eigenvalue weighted by Crippen LogP contribution is 2.10. The zero-order chi connectivity index (χ0) is 12.4. The number of methoxy groups -OCH3 is 1. The largest absolute Gasteiger partial charge is 0.497 e. The first-order valence-electron chi connectivity index (χ1n) is 4.64. The Balaban J connectivity index is 2.53. The van der Waals surface area contributed by atoms with Gasteiger partial charge < -0.3 is 9.84 Å². The highest BCUT2D eigenvalue weighted by molar-refractivity contribution is 5.83. The zero-order valence-electron chi connectivity index (χ0n) is 8.84. The number of H-pyrrole nitrogens is 1. The molecule has 2 rings (SSSR count). The average Bonchev–Trinajstić information content (AvgIpc) is 2.71. The van der Waals surface area contributed by atoms with E-state index in [9.17, 15) is 9.59 Å². The van der Waals surface area contributed by atoms with Crippen LogP contribution < -0.4 is 15.0 Å². The fourth-order valence-electron chi connectivity index (χ4n) is 1.37. The van der Waals surface area contributed by atoms with Crippen LogP contribution in [0.25, 0.3) is 5.69 Å². The summed E-state index contributed by atoms with van der Waals surface area (Å²) in [5, 5.41) is 11.1. The topological polar surface area (TPSA) is 96.4 Å². The second kappa shape index (κ2) is 4.12. The number of carboxylic acids is 1. The lowest BCUT2D eigenvalue weighted by Crippen LogP contribution is -2.40. The minimum absolute atomic E-state index is 0.453. The normalized spacial score (nSPS) is 10.2. The SMILES string of the molecule is COc1ccc(-[n+]2[nH]oc(=O)c2C(=O)O)cc1. The zero-order valence-corrected chi connectivity index (χ0v) is 8.84. The molecule has 2 N–H and O–H groups in total. The van der Waals surface area contributed by atoms with E-state index in [-0.39, 0.29) is 0 Å². The Labute approximate surface area is 94.8 Å². The van der Waals surface area contributed by atoms with Crippen molar-refractivity contribution in [1.29, 1.82) is 0 Å². The van der Waals surface area contributed by atoms with Crippen LogP contribution >= 0.6 is 0 Å². The van der Waals surface area contributed by atoms with Crippen LogP contribution in [0.4, 0.5) is 0 Å². The fraction of sp³-hybridized carbons (Fsp3) is 0.100. The lowest BCUT2D eigenvalue weighted by atomic mass is 10.3. The van der Waals surface area contributed by atoms with Gasteiger partial charge in [0.05, 0.1) is 7.11 Å². The summed E-state index contributed by atoms with van der Waals surface area (Å²) in [5.41, 5.74) is -0.975. The molecule has 0 unspecified atom stereocenters. The molecule has 0 amide bonds. The van der Waals surface area contributed by atoms with Crippen molar-refractivity contribution in [3.63, 3.8) is 0 Å². The van der Waals surface area contributed by atoms with Crippen LogP contribution in [0.15, 0.2) is 33.6 Å². The van der Waals surface area contributed by atoms with Crippen molar-refractivity contribution >= 4 is 5.97 Å². The molecule has 0 aliphatic rings. The van der Waals surface area contributed by atoms with Crippen molar-refractivity contribution in [2.75, 3.05) is 7.11 Å². The molecule has 1 aromatic carbocycles. The summed E-state index contributed by atoms with van der Waals surface area (Å²) in [6.07, 6.45) is 0. The van der Waals surface area contributed by atoms with Gasteiger partial charge in [0.2, 0.25) is 5.69 Å².